The smallest absolute Gasteiger partial charge is 0.145 e. The van der Waals surface area contributed by atoms with E-state index in [1.165, 1.54) is 0 Å². The Morgan fingerprint density at radius 3 is 2.76 bits per heavy atom. The molecular weight excluding hydrogens is 232 g/mol. The summed E-state index contributed by atoms with van der Waals surface area (Å²) < 4.78 is 5.70. The summed E-state index contributed by atoms with van der Waals surface area (Å²) in [4.78, 5) is 4.38. The van der Waals surface area contributed by atoms with Crippen LogP contribution in [0.4, 0.5) is 0 Å². The Kier molecular flexibility index (Phi) is 3.35. The molecule has 0 fully saturated rings. The van der Waals surface area contributed by atoms with Crippen LogP contribution in [-0.2, 0) is 0 Å². The first kappa shape index (κ1) is 11.5. The molecule has 1 aromatic heterocycles. The number of nitrogens with two attached hydrogens (primary N) is 1. The van der Waals surface area contributed by atoms with E-state index in [0.717, 1.165) is 16.9 Å². The van der Waals surface area contributed by atoms with E-state index in [0.29, 0.717) is 10.7 Å². The Hall–Kier alpha value is -1.94. The van der Waals surface area contributed by atoms with Gasteiger partial charge in [0.1, 0.15) is 16.5 Å². The fourth-order valence-corrected chi connectivity index (χ4v) is 1.58. The van der Waals surface area contributed by atoms with Crippen LogP contribution in [0.5, 0.6) is 11.5 Å². The Labute approximate surface area is 105 Å². The predicted octanol–water partition coefficient (Wildman–Crippen LogP) is 2.82. The SMILES string of the molecule is Cc1cc(C(N)=S)ccc1Oc1cccnc1. The molecule has 4 heteroatoms. The summed E-state index contributed by atoms with van der Waals surface area (Å²) in [5.74, 6) is 1.48. The number of hydrogen-bond donors (Lipinski definition) is 1. The Bertz CT molecular complexity index is 540. The van der Waals surface area contributed by atoms with Crippen LogP contribution in [0.1, 0.15) is 11.1 Å². The van der Waals surface area contributed by atoms with Gasteiger partial charge in [0.25, 0.3) is 0 Å². The van der Waals surface area contributed by atoms with Crippen molar-refractivity contribution >= 4 is 17.2 Å². The molecule has 2 N–H and O–H groups in total. The molecule has 3 nitrogen and oxygen atoms in total. The molecule has 0 amide bonds. The monoisotopic (exact) mass is 244 g/mol. The second-order valence-corrected chi connectivity index (χ2v) is 4.08. The predicted molar refractivity (Wildman–Crippen MR) is 71.4 cm³/mol. The van der Waals surface area contributed by atoms with Crippen molar-refractivity contribution in [3.8, 4) is 11.5 Å². The fraction of sp³-hybridized carbons (Fsp3) is 0.0769. The first-order valence-electron chi connectivity index (χ1n) is 5.15. The van der Waals surface area contributed by atoms with Crippen molar-refractivity contribution in [2.75, 3.05) is 0 Å². The number of thiocarbonyl (C=S) groups is 1. The Balaban J connectivity index is 2.26. The molecule has 1 aromatic carbocycles. The van der Waals surface area contributed by atoms with E-state index in [9.17, 15) is 0 Å². The van der Waals surface area contributed by atoms with Gasteiger partial charge in [-0.2, -0.15) is 0 Å². The molecule has 0 atom stereocenters. The lowest BCUT2D eigenvalue weighted by molar-refractivity contribution is 0.476. The molecule has 0 aliphatic rings. The first-order valence-corrected chi connectivity index (χ1v) is 5.56. The van der Waals surface area contributed by atoms with Crippen LogP contribution >= 0.6 is 12.2 Å². The van der Waals surface area contributed by atoms with Crippen LogP contribution in [0, 0.1) is 6.92 Å². The lowest BCUT2D eigenvalue weighted by Crippen LogP contribution is -2.09. The van der Waals surface area contributed by atoms with Gasteiger partial charge >= 0.3 is 0 Å². The molecule has 0 aliphatic heterocycles. The van der Waals surface area contributed by atoms with Crippen LogP contribution in [0.2, 0.25) is 0 Å². The van der Waals surface area contributed by atoms with Crippen molar-refractivity contribution in [1.82, 2.24) is 4.98 Å². The third kappa shape index (κ3) is 2.79. The van der Waals surface area contributed by atoms with Crippen molar-refractivity contribution < 1.29 is 4.74 Å². The maximum Gasteiger partial charge on any atom is 0.145 e. The van der Waals surface area contributed by atoms with Crippen molar-refractivity contribution in [2.24, 2.45) is 5.73 Å². The lowest BCUT2D eigenvalue weighted by atomic mass is 10.1. The maximum absolute atomic E-state index is 5.70. The molecule has 0 unspecified atom stereocenters. The zero-order valence-electron chi connectivity index (χ0n) is 9.38. The third-order valence-corrected chi connectivity index (χ3v) is 2.56. The minimum atomic E-state index is 0.390. The van der Waals surface area contributed by atoms with Gasteiger partial charge in [0.15, 0.2) is 0 Å². The molecule has 2 rings (SSSR count). The summed E-state index contributed by atoms with van der Waals surface area (Å²) >= 11 is 4.92. The van der Waals surface area contributed by atoms with Gasteiger partial charge in [-0.05, 0) is 42.8 Å². The van der Waals surface area contributed by atoms with E-state index in [2.05, 4.69) is 4.98 Å². The summed E-state index contributed by atoms with van der Waals surface area (Å²) in [7, 11) is 0. The number of aromatic nitrogens is 1. The van der Waals surface area contributed by atoms with Crippen molar-refractivity contribution in [1.29, 1.82) is 0 Å². The highest BCUT2D eigenvalue weighted by Gasteiger charge is 2.04. The summed E-state index contributed by atoms with van der Waals surface area (Å²) in [5.41, 5.74) is 7.39. The van der Waals surface area contributed by atoms with Crippen LogP contribution < -0.4 is 10.5 Å². The standard InChI is InChI=1S/C13H12N2OS/c1-9-7-10(13(14)17)4-5-12(9)16-11-3-2-6-15-8-11/h2-8H,1H3,(H2,14,17). The minimum absolute atomic E-state index is 0.390. The van der Waals surface area contributed by atoms with E-state index in [1.54, 1.807) is 12.4 Å². The quantitative estimate of drug-likeness (QED) is 0.843. The Morgan fingerprint density at radius 2 is 2.18 bits per heavy atom. The molecule has 0 bridgehead atoms. The highest BCUT2D eigenvalue weighted by molar-refractivity contribution is 7.80. The summed E-state index contributed by atoms with van der Waals surface area (Å²) in [6.45, 7) is 1.95. The van der Waals surface area contributed by atoms with E-state index < -0.39 is 0 Å². The van der Waals surface area contributed by atoms with E-state index in [4.69, 9.17) is 22.7 Å². The first-order chi connectivity index (χ1) is 8.16. The van der Waals surface area contributed by atoms with Gasteiger partial charge in [0, 0.05) is 11.8 Å². The molecule has 17 heavy (non-hydrogen) atoms. The average Bonchev–Trinajstić information content (AvgIpc) is 2.33. The van der Waals surface area contributed by atoms with E-state index in [-0.39, 0.29) is 0 Å². The number of benzene rings is 1. The minimum Gasteiger partial charge on any atom is -0.455 e. The van der Waals surface area contributed by atoms with Crippen molar-refractivity contribution in [2.45, 2.75) is 6.92 Å². The molecular formula is C13H12N2OS. The molecule has 0 saturated carbocycles. The third-order valence-electron chi connectivity index (χ3n) is 2.32. The second kappa shape index (κ2) is 4.93. The molecule has 86 valence electrons. The van der Waals surface area contributed by atoms with E-state index >= 15 is 0 Å². The topological polar surface area (TPSA) is 48.1 Å². The maximum atomic E-state index is 5.70. The van der Waals surface area contributed by atoms with Crippen LogP contribution in [0.25, 0.3) is 0 Å². The van der Waals surface area contributed by atoms with Gasteiger partial charge in [0.2, 0.25) is 0 Å². The summed E-state index contributed by atoms with van der Waals surface area (Å²) in [6, 6.07) is 9.30. The van der Waals surface area contributed by atoms with Crippen LogP contribution in [-0.4, -0.2) is 9.97 Å². The number of hydrogen-bond acceptors (Lipinski definition) is 3. The summed E-state index contributed by atoms with van der Waals surface area (Å²) in [5, 5.41) is 0. The highest BCUT2D eigenvalue weighted by atomic mass is 32.1. The number of pyridine rings is 1. The van der Waals surface area contributed by atoms with Crippen molar-refractivity contribution in [3.05, 3.63) is 53.9 Å². The number of ether oxygens (including phenoxy) is 1. The highest BCUT2D eigenvalue weighted by Crippen LogP contribution is 2.24. The Morgan fingerprint density at radius 1 is 1.35 bits per heavy atom. The van der Waals surface area contributed by atoms with Gasteiger partial charge in [-0.15, -0.1) is 0 Å². The van der Waals surface area contributed by atoms with E-state index in [1.807, 2.05) is 37.3 Å². The van der Waals surface area contributed by atoms with Gasteiger partial charge in [0.05, 0.1) is 6.20 Å². The molecule has 0 radical (unpaired) electrons. The average molecular weight is 244 g/mol. The number of nitrogens with zero attached hydrogens (tertiary/aromatic N) is 1. The molecule has 1 heterocycles. The molecule has 0 spiro atoms. The van der Waals surface area contributed by atoms with Crippen molar-refractivity contribution in [3.63, 3.8) is 0 Å². The van der Waals surface area contributed by atoms with Crippen LogP contribution in [0.15, 0.2) is 42.7 Å². The van der Waals surface area contributed by atoms with Crippen LogP contribution in [0.3, 0.4) is 0 Å². The summed E-state index contributed by atoms with van der Waals surface area (Å²) in [6.07, 6.45) is 3.37. The zero-order valence-corrected chi connectivity index (χ0v) is 10.2. The molecule has 0 saturated heterocycles. The second-order valence-electron chi connectivity index (χ2n) is 3.64. The number of rotatable bonds is 3. The largest absolute Gasteiger partial charge is 0.455 e. The molecule has 2 aromatic rings. The van der Waals surface area contributed by atoms with Gasteiger partial charge in [-0.1, -0.05) is 12.2 Å². The number of aryl methyl sites for hydroxylation is 1. The fourth-order valence-electron chi connectivity index (χ4n) is 1.45. The zero-order chi connectivity index (χ0) is 12.3. The lowest BCUT2D eigenvalue weighted by Gasteiger charge is -2.09. The van der Waals surface area contributed by atoms with Gasteiger partial charge in [-0.25, -0.2) is 0 Å². The van der Waals surface area contributed by atoms with Gasteiger partial charge < -0.3 is 10.5 Å². The van der Waals surface area contributed by atoms with Gasteiger partial charge in [-0.3, -0.25) is 4.98 Å². The normalized spacial score (nSPS) is 9.94. The molecule has 0 aliphatic carbocycles.